The molecule has 0 bridgehead atoms. The number of methoxy groups -OCH3 is 1. The summed E-state index contributed by atoms with van der Waals surface area (Å²) in [6.45, 7) is 1.98. The number of ether oxygens (including phenoxy) is 1. The third-order valence-corrected chi connectivity index (χ3v) is 4.60. The number of para-hydroxylation sites is 1. The van der Waals surface area contributed by atoms with Crippen LogP contribution in [0.15, 0.2) is 57.7 Å². The first kappa shape index (κ1) is 15.4. The third kappa shape index (κ3) is 2.48. The zero-order valence-electron chi connectivity index (χ0n) is 14.0. The van der Waals surface area contributed by atoms with Crippen molar-refractivity contribution in [2.45, 2.75) is 19.4 Å². The summed E-state index contributed by atoms with van der Waals surface area (Å²) in [5, 5.41) is 0.655. The van der Waals surface area contributed by atoms with Gasteiger partial charge in [0.05, 0.1) is 7.11 Å². The molecule has 25 heavy (non-hydrogen) atoms. The zero-order valence-corrected chi connectivity index (χ0v) is 14.0. The molecule has 0 aliphatic carbocycles. The summed E-state index contributed by atoms with van der Waals surface area (Å²) in [6, 6.07) is 14.5. The van der Waals surface area contributed by atoms with Crippen LogP contribution < -0.4 is 15.3 Å². The Kier molecular flexibility index (Phi) is 3.57. The molecule has 4 rings (SSSR count). The number of benzene rings is 2. The topological polar surface area (TPSA) is 59.8 Å². The molecule has 0 unspecified atom stereocenters. The predicted octanol–water partition coefficient (Wildman–Crippen LogP) is 3.39. The first-order valence-corrected chi connectivity index (χ1v) is 8.12. The van der Waals surface area contributed by atoms with Crippen molar-refractivity contribution >= 4 is 22.6 Å². The van der Waals surface area contributed by atoms with Gasteiger partial charge in [-0.3, -0.25) is 4.79 Å². The fourth-order valence-electron chi connectivity index (χ4n) is 3.38. The van der Waals surface area contributed by atoms with Crippen molar-refractivity contribution in [3.8, 4) is 5.75 Å². The molecule has 5 heteroatoms. The molecule has 1 atom stereocenters. The molecule has 0 saturated carbocycles. The van der Waals surface area contributed by atoms with Crippen molar-refractivity contribution in [1.82, 2.24) is 0 Å². The van der Waals surface area contributed by atoms with E-state index in [1.807, 2.05) is 31.2 Å². The van der Waals surface area contributed by atoms with Gasteiger partial charge < -0.3 is 14.1 Å². The lowest BCUT2D eigenvalue weighted by molar-refractivity contribution is 0.0978. The fourth-order valence-corrected chi connectivity index (χ4v) is 3.38. The molecule has 5 nitrogen and oxygen atoms in total. The molecule has 0 fully saturated rings. The van der Waals surface area contributed by atoms with E-state index in [1.165, 1.54) is 0 Å². The van der Waals surface area contributed by atoms with Crippen LogP contribution in [-0.4, -0.2) is 19.1 Å². The summed E-state index contributed by atoms with van der Waals surface area (Å²) in [6.07, 6.45) is 0.772. The second-order valence-corrected chi connectivity index (χ2v) is 6.21. The predicted molar refractivity (Wildman–Crippen MR) is 95.5 cm³/mol. The van der Waals surface area contributed by atoms with Crippen LogP contribution in [0.25, 0.3) is 11.0 Å². The summed E-state index contributed by atoms with van der Waals surface area (Å²) < 4.78 is 10.5. The highest BCUT2D eigenvalue weighted by Gasteiger charge is 2.32. The van der Waals surface area contributed by atoms with Crippen LogP contribution in [-0.2, 0) is 6.42 Å². The maximum absolute atomic E-state index is 13.1. The maximum atomic E-state index is 13.1. The number of fused-ring (bicyclic) bond motifs is 2. The van der Waals surface area contributed by atoms with Gasteiger partial charge in [-0.1, -0.05) is 18.2 Å². The van der Waals surface area contributed by atoms with Crippen molar-refractivity contribution in [2.24, 2.45) is 0 Å². The Balaban J connectivity index is 1.82. The van der Waals surface area contributed by atoms with Gasteiger partial charge in [0.1, 0.15) is 16.9 Å². The van der Waals surface area contributed by atoms with E-state index in [2.05, 4.69) is 0 Å². The third-order valence-electron chi connectivity index (χ3n) is 4.60. The van der Waals surface area contributed by atoms with Gasteiger partial charge in [-0.05, 0) is 49.2 Å². The van der Waals surface area contributed by atoms with Crippen LogP contribution in [0.3, 0.4) is 0 Å². The van der Waals surface area contributed by atoms with Crippen LogP contribution in [0, 0.1) is 0 Å². The van der Waals surface area contributed by atoms with Crippen LogP contribution in [0.4, 0.5) is 5.69 Å². The Labute approximate surface area is 144 Å². The van der Waals surface area contributed by atoms with Crippen molar-refractivity contribution in [3.05, 3.63) is 70.1 Å². The van der Waals surface area contributed by atoms with Gasteiger partial charge in [0.25, 0.3) is 5.91 Å². The van der Waals surface area contributed by atoms with Crippen molar-refractivity contribution in [3.63, 3.8) is 0 Å². The number of anilines is 1. The van der Waals surface area contributed by atoms with Crippen molar-refractivity contribution in [1.29, 1.82) is 0 Å². The SMILES string of the molecule is COc1ccc2oc(=O)c(C(=O)N3c4ccccc4C[C@H]3C)cc2c1. The van der Waals surface area contributed by atoms with Crippen molar-refractivity contribution in [2.75, 3.05) is 12.0 Å². The van der Waals surface area contributed by atoms with E-state index < -0.39 is 5.63 Å². The van der Waals surface area contributed by atoms with Crippen LogP contribution in [0.1, 0.15) is 22.8 Å². The molecule has 0 spiro atoms. The van der Waals surface area contributed by atoms with Gasteiger partial charge in [-0.15, -0.1) is 0 Å². The highest BCUT2D eigenvalue weighted by molar-refractivity contribution is 6.08. The number of rotatable bonds is 2. The molecule has 126 valence electrons. The van der Waals surface area contributed by atoms with Crippen molar-refractivity contribution < 1.29 is 13.9 Å². The van der Waals surface area contributed by atoms with Gasteiger partial charge in [-0.25, -0.2) is 4.79 Å². The molecule has 1 aromatic heterocycles. The minimum Gasteiger partial charge on any atom is -0.497 e. The highest BCUT2D eigenvalue weighted by Crippen LogP contribution is 2.33. The molecule has 1 amide bonds. The lowest BCUT2D eigenvalue weighted by atomic mass is 10.1. The van der Waals surface area contributed by atoms with Gasteiger partial charge in [0, 0.05) is 17.1 Å². The van der Waals surface area contributed by atoms with Crippen LogP contribution >= 0.6 is 0 Å². The summed E-state index contributed by atoms with van der Waals surface area (Å²) in [7, 11) is 1.56. The molecule has 0 radical (unpaired) electrons. The Morgan fingerprint density at radius 2 is 2.00 bits per heavy atom. The number of nitrogens with zero attached hydrogens (tertiary/aromatic N) is 1. The average molecular weight is 335 g/mol. The Morgan fingerprint density at radius 1 is 1.20 bits per heavy atom. The summed E-state index contributed by atoms with van der Waals surface area (Å²) in [4.78, 5) is 27.1. The Hall–Kier alpha value is -3.08. The monoisotopic (exact) mass is 335 g/mol. The molecule has 2 aromatic carbocycles. The number of carbonyl (C=O) groups is 1. The molecule has 1 aliphatic heterocycles. The number of amides is 1. The summed E-state index contributed by atoms with van der Waals surface area (Å²) in [5.74, 6) is 0.301. The quantitative estimate of drug-likeness (QED) is 0.674. The van der Waals surface area contributed by atoms with E-state index in [4.69, 9.17) is 9.15 Å². The Bertz CT molecular complexity index is 1040. The minimum atomic E-state index is -0.626. The second kappa shape index (κ2) is 5.77. The molecule has 2 heterocycles. The lowest BCUT2D eigenvalue weighted by Gasteiger charge is -2.22. The molecular weight excluding hydrogens is 318 g/mol. The van der Waals surface area contributed by atoms with E-state index in [0.717, 1.165) is 17.7 Å². The van der Waals surface area contributed by atoms with E-state index in [-0.39, 0.29) is 17.5 Å². The van der Waals surface area contributed by atoms with E-state index in [9.17, 15) is 9.59 Å². The van der Waals surface area contributed by atoms with Gasteiger partial charge in [0.2, 0.25) is 0 Å². The zero-order chi connectivity index (χ0) is 17.6. The fraction of sp³-hybridized carbons (Fsp3) is 0.200. The first-order chi connectivity index (χ1) is 12.1. The molecule has 0 saturated heterocycles. The number of hydrogen-bond acceptors (Lipinski definition) is 4. The van der Waals surface area contributed by atoms with Gasteiger partial charge in [0.15, 0.2) is 0 Å². The van der Waals surface area contributed by atoms with Gasteiger partial charge >= 0.3 is 5.63 Å². The molecule has 1 aliphatic rings. The summed E-state index contributed by atoms with van der Waals surface area (Å²) in [5.41, 5.74) is 1.79. The van der Waals surface area contributed by atoms with E-state index >= 15 is 0 Å². The molecule has 3 aromatic rings. The van der Waals surface area contributed by atoms with E-state index in [0.29, 0.717) is 16.7 Å². The normalized spacial score (nSPS) is 16.1. The lowest BCUT2D eigenvalue weighted by Crippen LogP contribution is -2.38. The molecular formula is C20H17NO4. The largest absolute Gasteiger partial charge is 0.497 e. The smallest absolute Gasteiger partial charge is 0.349 e. The highest BCUT2D eigenvalue weighted by atomic mass is 16.5. The number of hydrogen-bond donors (Lipinski definition) is 0. The first-order valence-electron chi connectivity index (χ1n) is 8.12. The van der Waals surface area contributed by atoms with Crippen LogP contribution in [0.5, 0.6) is 5.75 Å². The van der Waals surface area contributed by atoms with E-state index in [1.54, 1.807) is 36.3 Å². The summed E-state index contributed by atoms with van der Waals surface area (Å²) >= 11 is 0. The minimum absolute atomic E-state index is 0.00898. The average Bonchev–Trinajstić information content (AvgIpc) is 2.96. The molecule has 0 N–H and O–H groups in total. The van der Waals surface area contributed by atoms with Crippen LogP contribution in [0.2, 0.25) is 0 Å². The Morgan fingerprint density at radius 3 is 2.80 bits per heavy atom. The standard InChI is InChI=1S/C20H17NO4/c1-12-9-13-5-3-4-6-17(13)21(12)19(22)16-11-14-10-15(24-2)7-8-18(14)25-20(16)23/h3-8,10-12H,9H2,1-2H3/t12-/m1/s1. The second-order valence-electron chi connectivity index (χ2n) is 6.21. The maximum Gasteiger partial charge on any atom is 0.349 e. The van der Waals surface area contributed by atoms with Gasteiger partial charge in [-0.2, -0.15) is 0 Å². The number of carbonyl (C=O) groups excluding carboxylic acids is 1.